The molecule has 0 unspecified atom stereocenters. The molecule has 0 aliphatic heterocycles. The summed E-state index contributed by atoms with van der Waals surface area (Å²) >= 11 is 0. The third-order valence-corrected chi connectivity index (χ3v) is 2.01. The zero-order valence-electron chi connectivity index (χ0n) is 8.75. The van der Waals surface area contributed by atoms with E-state index in [1.807, 2.05) is 7.05 Å². The van der Waals surface area contributed by atoms with E-state index in [9.17, 15) is 0 Å². The van der Waals surface area contributed by atoms with Gasteiger partial charge in [-0.1, -0.05) is 43.7 Å². The molecule has 0 aromatic heterocycles. The molecular formula is C12H18N-. The molecule has 1 nitrogen and oxygen atoms in total. The van der Waals surface area contributed by atoms with Crippen LogP contribution in [0.5, 0.6) is 0 Å². The lowest BCUT2D eigenvalue weighted by Gasteiger charge is -2.12. The summed E-state index contributed by atoms with van der Waals surface area (Å²) in [6.45, 7) is 5.33. The van der Waals surface area contributed by atoms with E-state index in [4.69, 9.17) is 0 Å². The Kier molecular flexibility index (Phi) is 3.97. The number of nitrogens with zero attached hydrogens (tertiary/aromatic N) is 1. The molecule has 0 aliphatic carbocycles. The molecule has 0 heterocycles. The normalized spacial score (nSPS) is 10.8. The van der Waals surface area contributed by atoms with Crippen LogP contribution < -0.4 is 0 Å². The second-order valence-corrected chi connectivity index (χ2v) is 3.89. The van der Waals surface area contributed by atoms with Gasteiger partial charge in [-0.3, -0.25) is 0 Å². The van der Waals surface area contributed by atoms with Crippen LogP contribution in [-0.2, 0) is 13.0 Å². The molecule has 0 amide bonds. The Bertz CT molecular complexity index is 236. The van der Waals surface area contributed by atoms with Gasteiger partial charge in [-0.05, 0) is 17.9 Å². The van der Waals surface area contributed by atoms with Gasteiger partial charge >= 0.3 is 0 Å². The van der Waals surface area contributed by atoms with E-state index < -0.39 is 0 Å². The van der Waals surface area contributed by atoms with Gasteiger partial charge in [0.15, 0.2) is 0 Å². The summed E-state index contributed by atoms with van der Waals surface area (Å²) in [7, 11) is 1.85. The summed E-state index contributed by atoms with van der Waals surface area (Å²) < 4.78 is 0. The van der Waals surface area contributed by atoms with Crippen LogP contribution in [0.2, 0.25) is 0 Å². The molecule has 13 heavy (non-hydrogen) atoms. The van der Waals surface area contributed by atoms with Gasteiger partial charge in [-0.15, -0.1) is 6.54 Å². The number of hydrogen-bond donors (Lipinski definition) is 0. The minimum absolute atomic E-state index is 0.738. The lowest BCUT2D eigenvalue weighted by molar-refractivity contribution is 0.647. The molecule has 0 saturated carbocycles. The van der Waals surface area contributed by atoms with E-state index in [1.54, 1.807) is 0 Å². The van der Waals surface area contributed by atoms with Crippen molar-refractivity contribution in [2.75, 3.05) is 7.05 Å². The van der Waals surface area contributed by atoms with Gasteiger partial charge in [0.1, 0.15) is 0 Å². The first-order chi connectivity index (χ1) is 6.22. The van der Waals surface area contributed by atoms with E-state index >= 15 is 0 Å². The maximum Gasteiger partial charge on any atom is -0.0256 e. The molecule has 0 fully saturated rings. The molecule has 0 bridgehead atoms. The number of hydrogen-bond acceptors (Lipinski definition) is 0. The highest BCUT2D eigenvalue weighted by atomic mass is 14.8. The first-order valence-corrected chi connectivity index (χ1v) is 4.85. The van der Waals surface area contributed by atoms with Gasteiger partial charge in [-0.2, -0.15) is 7.05 Å². The van der Waals surface area contributed by atoms with Gasteiger partial charge in [0.25, 0.3) is 0 Å². The Hall–Kier alpha value is -0.820. The first kappa shape index (κ1) is 10.3. The third kappa shape index (κ3) is 3.60. The SMILES string of the molecule is C[N-]Cc1ccc(CC(C)C)cc1. The zero-order valence-corrected chi connectivity index (χ0v) is 8.75. The van der Waals surface area contributed by atoms with Crippen molar-refractivity contribution in [3.8, 4) is 0 Å². The molecule has 0 spiro atoms. The van der Waals surface area contributed by atoms with Crippen LogP contribution in [0, 0.1) is 5.92 Å². The van der Waals surface area contributed by atoms with Crippen LogP contribution in [0.4, 0.5) is 0 Å². The van der Waals surface area contributed by atoms with Gasteiger partial charge in [0.05, 0.1) is 0 Å². The molecule has 0 radical (unpaired) electrons. The largest absolute Gasteiger partial charge is 0.661 e. The molecular weight excluding hydrogens is 158 g/mol. The average Bonchev–Trinajstić information content (AvgIpc) is 2.08. The van der Waals surface area contributed by atoms with Crippen LogP contribution in [-0.4, -0.2) is 7.05 Å². The predicted molar refractivity (Wildman–Crippen MR) is 58.0 cm³/mol. The van der Waals surface area contributed by atoms with Gasteiger partial charge < -0.3 is 5.32 Å². The highest BCUT2D eigenvalue weighted by molar-refractivity contribution is 5.24. The Balaban J connectivity index is 2.59. The molecule has 72 valence electrons. The van der Waals surface area contributed by atoms with Crippen LogP contribution in [0.15, 0.2) is 24.3 Å². The maximum atomic E-state index is 4.10. The lowest BCUT2D eigenvalue weighted by Crippen LogP contribution is -1.94. The minimum atomic E-state index is 0.738. The van der Waals surface area contributed by atoms with Crippen molar-refractivity contribution in [1.29, 1.82) is 0 Å². The molecule has 0 aliphatic rings. The Morgan fingerprint density at radius 3 is 2.08 bits per heavy atom. The van der Waals surface area contributed by atoms with Crippen LogP contribution in [0.25, 0.3) is 5.32 Å². The summed E-state index contributed by atoms with van der Waals surface area (Å²) in [5.74, 6) is 0.738. The quantitative estimate of drug-likeness (QED) is 0.667. The van der Waals surface area contributed by atoms with Gasteiger partial charge in [0.2, 0.25) is 0 Å². The fraction of sp³-hybridized carbons (Fsp3) is 0.500. The predicted octanol–water partition coefficient (Wildman–Crippen LogP) is 3.39. The highest BCUT2D eigenvalue weighted by Gasteiger charge is 1.96. The Morgan fingerprint density at radius 1 is 1.08 bits per heavy atom. The summed E-state index contributed by atoms with van der Waals surface area (Å²) in [6, 6.07) is 8.76. The lowest BCUT2D eigenvalue weighted by atomic mass is 10.0. The second kappa shape index (κ2) is 5.03. The Morgan fingerprint density at radius 2 is 1.62 bits per heavy atom. The highest BCUT2D eigenvalue weighted by Crippen LogP contribution is 2.10. The van der Waals surface area contributed by atoms with E-state index in [1.165, 1.54) is 17.5 Å². The molecule has 1 heteroatoms. The van der Waals surface area contributed by atoms with E-state index in [2.05, 4.69) is 43.4 Å². The standard InChI is InChI=1S/C12H18N/c1-10(2)8-11-4-6-12(7-5-11)9-13-3/h4-7,10H,8-9H2,1-3H3/q-1. The van der Waals surface area contributed by atoms with Crippen LogP contribution >= 0.6 is 0 Å². The van der Waals surface area contributed by atoms with Gasteiger partial charge in [-0.25, -0.2) is 0 Å². The fourth-order valence-electron chi connectivity index (χ4n) is 1.43. The first-order valence-electron chi connectivity index (χ1n) is 4.85. The van der Waals surface area contributed by atoms with Crippen LogP contribution in [0.3, 0.4) is 0 Å². The topological polar surface area (TPSA) is 14.1 Å². The van der Waals surface area contributed by atoms with Crippen molar-refractivity contribution in [1.82, 2.24) is 0 Å². The molecule has 1 rings (SSSR count). The second-order valence-electron chi connectivity index (χ2n) is 3.89. The minimum Gasteiger partial charge on any atom is -0.661 e. The number of rotatable bonds is 4. The van der Waals surface area contributed by atoms with Crippen molar-refractivity contribution in [2.24, 2.45) is 5.92 Å². The third-order valence-electron chi connectivity index (χ3n) is 2.01. The summed E-state index contributed by atoms with van der Waals surface area (Å²) in [5.41, 5.74) is 2.73. The molecule has 1 aromatic carbocycles. The zero-order chi connectivity index (χ0) is 9.68. The van der Waals surface area contributed by atoms with Crippen molar-refractivity contribution >= 4 is 0 Å². The van der Waals surface area contributed by atoms with Crippen molar-refractivity contribution < 1.29 is 0 Å². The Labute approximate surface area is 81.2 Å². The van der Waals surface area contributed by atoms with Crippen molar-refractivity contribution in [3.63, 3.8) is 0 Å². The van der Waals surface area contributed by atoms with E-state index in [-0.39, 0.29) is 0 Å². The smallest absolute Gasteiger partial charge is 0.0256 e. The average molecular weight is 176 g/mol. The van der Waals surface area contributed by atoms with Crippen LogP contribution in [0.1, 0.15) is 25.0 Å². The fourth-order valence-corrected chi connectivity index (χ4v) is 1.43. The summed E-state index contributed by atoms with van der Waals surface area (Å²) in [6.07, 6.45) is 1.17. The van der Waals surface area contributed by atoms with Crippen molar-refractivity contribution in [3.05, 3.63) is 40.7 Å². The van der Waals surface area contributed by atoms with E-state index in [0.717, 1.165) is 12.5 Å². The summed E-state index contributed by atoms with van der Waals surface area (Å²) in [4.78, 5) is 0. The number of benzene rings is 1. The molecule has 0 N–H and O–H groups in total. The van der Waals surface area contributed by atoms with Crippen molar-refractivity contribution in [2.45, 2.75) is 26.8 Å². The van der Waals surface area contributed by atoms with E-state index in [0.29, 0.717) is 0 Å². The maximum absolute atomic E-state index is 4.10. The van der Waals surface area contributed by atoms with Gasteiger partial charge in [0, 0.05) is 0 Å². The monoisotopic (exact) mass is 176 g/mol. The molecule has 0 saturated heterocycles. The molecule has 0 atom stereocenters. The molecule has 1 aromatic rings. The summed E-state index contributed by atoms with van der Waals surface area (Å²) in [5, 5.41) is 4.10.